The highest BCUT2D eigenvalue weighted by Crippen LogP contribution is 2.19. The molecule has 0 amide bonds. The van der Waals surface area contributed by atoms with Crippen molar-refractivity contribution < 1.29 is 4.39 Å². The molecule has 0 radical (unpaired) electrons. The van der Waals surface area contributed by atoms with Crippen molar-refractivity contribution in [1.29, 1.82) is 0 Å². The van der Waals surface area contributed by atoms with E-state index in [1.54, 1.807) is 0 Å². The van der Waals surface area contributed by atoms with Crippen LogP contribution in [0, 0.1) is 12.7 Å². The van der Waals surface area contributed by atoms with Crippen molar-refractivity contribution in [2.24, 2.45) is 4.99 Å². The Hall–Kier alpha value is -2.83. The van der Waals surface area contributed by atoms with Gasteiger partial charge in [-0.05, 0) is 56.0 Å². The molecule has 6 nitrogen and oxygen atoms in total. The molecule has 0 aliphatic carbocycles. The maximum atomic E-state index is 13.3. The Morgan fingerprint density at radius 3 is 3.00 bits per heavy atom. The third-order valence-electron chi connectivity index (χ3n) is 4.34. The van der Waals surface area contributed by atoms with E-state index in [9.17, 15) is 4.39 Å². The number of nitrogens with one attached hydrogen (secondary N) is 3. The Balaban J connectivity index is 1.48. The van der Waals surface area contributed by atoms with Crippen LogP contribution in [0.25, 0.3) is 10.9 Å². The molecule has 0 spiro atoms. The lowest BCUT2D eigenvalue weighted by Gasteiger charge is -2.11. The number of fused-ring (bicyclic) bond motifs is 1. The van der Waals surface area contributed by atoms with Gasteiger partial charge in [0.05, 0.1) is 6.20 Å². The minimum atomic E-state index is -0.221. The average molecular weight is 370 g/mol. The molecular formula is C20H27FN6. The molecule has 3 N–H and O–H groups in total. The normalized spacial score (nSPS) is 11.9. The number of benzene rings is 1. The third-order valence-corrected chi connectivity index (χ3v) is 4.34. The Labute approximate surface area is 158 Å². The molecule has 2 aromatic heterocycles. The Kier molecular flexibility index (Phi) is 6.46. The quantitative estimate of drug-likeness (QED) is 0.324. The summed E-state index contributed by atoms with van der Waals surface area (Å²) in [4.78, 5) is 7.75. The van der Waals surface area contributed by atoms with E-state index in [2.05, 4.69) is 32.6 Å². The first-order chi connectivity index (χ1) is 13.2. The highest BCUT2D eigenvalue weighted by atomic mass is 19.1. The predicted molar refractivity (Wildman–Crippen MR) is 108 cm³/mol. The molecule has 3 rings (SSSR count). The Bertz CT molecular complexity index is 895. The number of rotatable bonds is 8. The largest absolute Gasteiger partial charge is 0.361 e. The van der Waals surface area contributed by atoms with Gasteiger partial charge in [0.25, 0.3) is 0 Å². The molecule has 27 heavy (non-hydrogen) atoms. The number of aliphatic imine (C=N–C) groups is 1. The van der Waals surface area contributed by atoms with E-state index < -0.39 is 0 Å². The summed E-state index contributed by atoms with van der Waals surface area (Å²) in [5.41, 5.74) is 3.18. The van der Waals surface area contributed by atoms with Gasteiger partial charge < -0.3 is 15.6 Å². The summed E-state index contributed by atoms with van der Waals surface area (Å²) in [6.07, 6.45) is 7.63. The fraction of sp³-hybridized carbons (Fsp3) is 0.400. The van der Waals surface area contributed by atoms with Crippen molar-refractivity contribution in [2.75, 3.05) is 19.6 Å². The van der Waals surface area contributed by atoms with Crippen molar-refractivity contribution in [3.8, 4) is 0 Å². The molecule has 1 aromatic carbocycles. The molecular weight excluding hydrogens is 343 g/mol. The van der Waals surface area contributed by atoms with Crippen molar-refractivity contribution >= 4 is 16.9 Å². The number of hydrogen-bond donors (Lipinski definition) is 3. The highest BCUT2D eigenvalue weighted by Gasteiger charge is 2.05. The number of guanidine groups is 1. The van der Waals surface area contributed by atoms with Crippen LogP contribution in [0.5, 0.6) is 0 Å². The summed E-state index contributed by atoms with van der Waals surface area (Å²) in [7, 11) is 0. The Morgan fingerprint density at radius 1 is 1.33 bits per heavy atom. The van der Waals surface area contributed by atoms with E-state index in [0.29, 0.717) is 0 Å². The third kappa shape index (κ3) is 5.32. The molecule has 0 saturated heterocycles. The van der Waals surface area contributed by atoms with Crippen LogP contribution in [0.1, 0.15) is 24.5 Å². The zero-order valence-electron chi connectivity index (χ0n) is 15.9. The number of aromatic nitrogens is 3. The van der Waals surface area contributed by atoms with E-state index in [4.69, 9.17) is 0 Å². The van der Waals surface area contributed by atoms with Gasteiger partial charge in [-0.25, -0.2) is 4.39 Å². The first-order valence-corrected chi connectivity index (χ1v) is 9.42. The lowest BCUT2D eigenvalue weighted by atomic mass is 10.1. The number of nitrogens with zero attached hydrogens (tertiary/aromatic N) is 3. The van der Waals surface area contributed by atoms with Crippen molar-refractivity contribution in [1.82, 2.24) is 25.4 Å². The molecule has 0 bridgehead atoms. The molecule has 0 saturated carbocycles. The van der Waals surface area contributed by atoms with E-state index in [0.717, 1.165) is 55.9 Å². The van der Waals surface area contributed by atoms with Crippen LogP contribution in [-0.4, -0.2) is 40.4 Å². The monoisotopic (exact) mass is 370 g/mol. The second-order valence-corrected chi connectivity index (χ2v) is 6.58. The average Bonchev–Trinajstić information content (AvgIpc) is 3.24. The second kappa shape index (κ2) is 9.21. The van der Waals surface area contributed by atoms with Gasteiger partial charge in [0, 0.05) is 49.5 Å². The fourth-order valence-electron chi connectivity index (χ4n) is 3.04. The van der Waals surface area contributed by atoms with Gasteiger partial charge >= 0.3 is 0 Å². The lowest BCUT2D eigenvalue weighted by Crippen LogP contribution is -2.38. The first-order valence-electron chi connectivity index (χ1n) is 9.42. The van der Waals surface area contributed by atoms with E-state index in [1.807, 2.05) is 36.3 Å². The number of aryl methyl sites for hydroxylation is 2. The predicted octanol–water partition coefficient (Wildman–Crippen LogP) is 3.00. The summed E-state index contributed by atoms with van der Waals surface area (Å²) >= 11 is 0. The minimum absolute atomic E-state index is 0.221. The lowest BCUT2D eigenvalue weighted by molar-refractivity contribution is 0.583. The molecule has 0 fully saturated rings. The van der Waals surface area contributed by atoms with Crippen LogP contribution in [-0.2, 0) is 13.0 Å². The van der Waals surface area contributed by atoms with E-state index in [-0.39, 0.29) is 5.82 Å². The topological polar surface area (TPSA) is 70.0 Å². The minimum Gasteiger partial charge on any atom is -0.361 e. The smallest absolute Gasteiger partial charge is 0.191 e. The molecule has 7 heteroatoms. The summed E-state index contributed by atoms with van der Waals surface area (Å²) in [5, 5.41) is 12.0. The molecule has 0 unspecified atom stereocenters. The fourth-order valence-corrected chi connectivity index (χ4v) is 3.04. The van der Waals surface area contributed by atoms with Crippen LogP contribution >= 0.6 is 0 Å². The molecule has 3 aromatic rings. The van der Waals surface area contributed by atoms with Crippen LogP contribution < -0.4 is 10.6 Å². The van der Waals surface area contributed by atoms with Gasteiger partial charge in [-0.15, -0.1) is 0 Å². The van der Waals surface area contributed by atoms with Crippen LogP contribution in [0.15, 0.2) is 41.8 Å². The van der Waals surface area contributed by atoms with Gasteiger partial charge in [-0.2, -0.15) is 5.10 Å². The molecule has 144 valence electrons. The van der Waals surface area contributed by atoms with Gasteiger partial charge in [-0.1, -0.05) is 0 Å². The number of aromatic amines is 1. The molecule has 0 atom stereocenters. The Morgan fingerprint density at radius 2 is 2.22 bits per heavy atom. The summed E-state index contributed by atoms with van der Waals surface area (Å²) < 4.78 is 15.2. The van der Waals surface area contributed by atoms with Crippen molar-refractivity contribution in [3.05, 3.63) is 53.7 Å². The molecule has 2 heterocycles. The van der Waals surface area contributed by atoms with Gasteiger partial charge in [0.2, 0.25) is 0 Å². The highest BCUT2D eigenvalue weighted by molar-refractivity contribution is 5.83. The maximum Gasteiger partial charge on any atom is 0.191 e. The van der Waals surface area contributed by atoms with Crippen molar-refractivity contribution in [3.63, 3.8) is 0 Å². The van der Waals surface area contributed by atoms with Gasteiger partial charge in [0.15, 0.2) is 5.96 Å². The summed E-state index contributed by atoms with van der Waals surface area (Å²) in [6.45, 7) is 7.27. The zero-order valence-corrected chi connectivity index (χ0v) is 15.9. The summed E-state index contributed by atoms with van der Waals surface area (Å²) in [5.74, 6) is 0.598. The van der Waals surface area contributed by atoms with Gasteiger partial charge in [-0.3, -0.25) is 9.67 Å². The first kappa shape index (κ1) is 18.9. The zero-order chi connectivity index (χ0) is 19.1. The van der Waals surface area contributed by atoms with Crippen molar-refractivity contribution in [2.45, 2.75) is 33.2 Å². The molecule has 0 aliphatic heterocycles. The molecule has 0 aliphatic rings. The number of halogens is 1. The van der Waals surface area contributed by atoms with E-state index >= 15 is 0 Å². The maximum absolute atomic E-state index is 13.3. The van der Waals surface area contributed by atoms with E-state index in [1.165, 1.54) is 23.3 Å². The van der Waals surface area contributed by atoms with Gasteiger partial charge in [0.1, 0.15) is 5.82 Å². The van der Waals surface area contributed by atoms with Crippen LogP contribution in [0.3, 0.4) is 0 Å². The van der Waals surface area contributed by atoms with Crippen LogP contribution in [0.4, 0.5) is 4.39 Å². The summed E-state index contributed by atoms with van der Waals surface area (Å²) in [6, 6.07) is 4.85. The number of H-pyrrole nitrogens is 1. The SMILES string of the molecule is CCNC(=NCCCn1cc(C)cn1)NCCc1c[nH]c2cc(F)ccc12. The number of hydrogen-bond acceptors (Lipinski definition) is 2. The second-order valence-electron chi connectivity index (χ2n) is 6.58. The standard InChI is InChI=1S/C20H27FN6/c1-3-22-20(23-8-4-10-27-14-15(2)12-26-27)24-9-7-16-13-25-19-11-17(21)5-6-18(16)19/h5-6,11-14,25H,3-4,7-10H2,1-2H3,(H2,22,23,24). The van der Waals surface area contributed by atoms with Crippen LogP contribution in [0.2, 0.25) is 0 Å².